The normalized spacial score (nSPS) is 15.5. The second kappa shape index (κ2) is 8.18. The van der Waals surface area contributed by atoms with Crippen LogP contribution in [0.1, 0.15) is 21.5 Å². The average molecular weight is 384 g/mol. The number of hydrogen-bond donors (Lipinski definition) is 1. The smallest absolute Gasteiger partial charge is 0.293 e. The van der Waals surface area contributed by atoms with Crippen molar-refractivity contribution in [3.8, 4) is 0 Å². The number of rotatable bonds is 5. The molecule has 0 aliphatic carbocycles. The van der Waals surface area contributed by atoms with Crippen LogP contribution >= 0.6 is 11.8 Å². The predicted octanol–water partition coefficient (Wildman–Crippen LogP) is 3.60. The van der Waals surface area contributed by atoms with Crippen LogP contribution in [0, 0.1) is 12.7 Å². The van der Waals surface area contributed by atoms with Gasteiger partial charge in [-0.25, -0.2) is 4.39 Å². The van der Waals surface area contributed by atoms with Gasteiger partial charge in [0.05, 0.1) is 4.91 Å². The third-order valence-electron chi connectivity index (χ3n) is 4.03. The second-order valence-electron chi connectivity index (χ2n) is 5.96. The fourth-order valence-electron chi connectivity index (χ4n) is 2.51. The number of aryl methyl sites for hydroxylation is 1. The number of nitrogens with zero attached hydrogens (tertiary/aromatic N) is 1. The molecule has 1 N–H and O–H groups in total. The van der Waals surface area contributed by atoms with E-state index in [1.807, 2.05) is 30.3 Å². The van der Waals surface area contributed by atoms with Gasteiger partial charge in [0.2, 0.25) is 0 Å². The van der Waals surface area contributed by atoms with Gasteiger partial charge in [-0.2, -0.15) is 0 Å². The highest BCUT2D eigenvalue weighted by atomic mass is 32.2. The SMILES string of the molecule is Cc1ccc(C(=O)NCCN2C(=O)S/C(=C\c3ccccc3)C2=O)cc1F. The molecule has 1 aliphatic rings. The van der Waals surface area contributed by atoms with Crippen LogP contribution < -0.4 is 5.32 Å². The minimum atomic E-state index is -0.459. The van der Waals surface area contributed by atoms with Gasteiger partial charge in [0.25, 0.3) is 17.1 Å². The molecule has 1 saturated heterocycles. The first-order chi connectivity index (χ1) is 13.0. The Kier molecular flexibility index (Phi) is 5.71. The highest BCUT2D eigenvalue weighted by molar-refractivity contribution is 8.18. The zero-order valence-corrected chi connectivity index (χ0v) is 15.4. The molecule has 1 heterocycles. The van der Waals surface area contributed by atoms with E-state index in [-0.39, 0.29) is 29.8 Å². The molecule has 0 atom stereocenters. The Hall–Kier alpha value is -2.93. The highest BCUT2D eigenvalue weighted by Gasteiger charge is 2.34. The topological polar surface area (TPSA) is 66.5 Å². The molecular weight excluding hydrogens is 367 g/mol. The van der Waals surface area contributed by atoms with Crippen molar-refractivity contribution in [2.24, 2.45) is 0 Å². The van der Waals surface area contributed by atoms with E-state index in [4.69, 9.17) is 0 Å². The number of nitrogens with one attached hydrogen (secondary N) is 1. The summed E-state index contributed by atoms with van der Waals surface area (Å²) in [7, 11) is 0. The van der Waals surface area contributed by atoms with Gasteiger partial charge >= 0.3 is 0 Å². The van der Waals surface area contributed by atoms with E-state index in [0.29, 0.717) is 10.5 Å². The number of benzene rings is 2. The first kappa shape index (κ1) is 18.8. The van der Waals surface area contributed by atoms with Crippen LogP contribution in [0.2, 0.25) is 0 Å². The zero-order chi connectivity index (χ0) is 19.4. The summed E-state index contributed by atoms with van der Waals surface area (Å²) in [6.45, 7) is 1.75. The fourth-order valence-corrected chi connectivity index (χ4v) is 3.38. The van der Waals surface area contributed by atoms with E-state index in [2.05, 4.69) is 5.32 Å². The average Bonchev–Trinajstić information content (AvgIpc) is 2.92. The molecular formula is C20H17FN2O3S. The zero-order valence-electron chi connectivity index (χ0n) is 14.6. The van der Waals surface area contributed by atoms with E-state index >= 15 is 0 Å². The second-order valence-corrected chi connectivity index (χ2v) is 6.96. The Morgan fingerprint density at radius 2 is 1.93 bits per heavy atom. The highest BCUT2D eigenvalue weighted by Crippen LogP contribution is 2.31. The summed E-state index contributed by atoms with van der Waals surface area (Å²) in [5.74, 6) is -1.30. The molecule has 138 valence electrons. The lowest BCUT2D eigenvalue weighted by Gasteiger charge is -2.13. The minimum absolute atomic E-state index is 0.0525. The third kappa shape index (κ3) is 4.43. The predicted molar refractivity (Wildman–Crippen MR) is 103 cm³/mol. The van der Waals surface area contributed by atoms with Crippen molar-refractivity contribution in [3.05, 3.63) is 75.9 Å². The lowest BCUT2D eigenvalue weighted by molar-refractivity contribution is -0.122. The molecule has 0 saturated carbocycles. The summed E-state index contributed by atoms with van der Waals surface area (Å²) in [6, 6.07) is 13.5. The Morgan fingerprint density at radius 1 is 1.19 bits per heavy atom. The maximum Gasteiger partial charge on any atom is 0.293 e. The lowest BCUT2D eigenvalue weighted by atomic mass is 10.1. The number of amides is 3. The molecule has 0 spiro atoms. The maximum atomic E-state index is 13.5. The number of carbonyl (C=O) groups excluding carboxylic acids is 3. The molecule has 2 aromatic carbocycles. The summed E-state index contributed by atoms with van der Waals surface area (Å²) >= 11 is 0.872. The van der Waals surface area contributed by atoms with Crippen LogP contribution in [0.25, 0.3) is 6.08 Å². The minimum Gasteiger partial charge on any atom is -0.350 e. The number of imide groups is 1. The van der Waals surface area contributed by atoms with Crippen molar-refractivity contribution in [2.45, 2.75) is 6.92 Å². The molecule has 0 radical (unpaired) electrons. The van der Waals surface area contributed by atoms with Crippen LogP contribution in [0.15, 0.2) is 53.4 Å². The Bertz CT molecular complexity index is 928. The van der Waals surface area contributed by atoms with Crippen molar-refractivity contribution in [2.75, 3.05) is 13.1 Å². The fraction of sp³-hybridized carbons (Fsp3) is 0.150. The van der Waals surface area contributed by atoms with E-state index < -0.39 is 11.7 Å². The van der Waals surface area contributed by atoms with Crippen LogP contribution in [0.5, 0.6) is 0 Å². The Labute approximate surface area is 160 Å². The summed E-state index contributed by atoms with van der Waals surface area (Å²) in [5, 5.41) is 2.22. The molecule has 5 nitrogen and oxygen atoms in total. The van der Waals surface area contributed by atoms with E-state index in [1.54, 1.807) is 13.0 Å². The molecule has 27 heavy (non-hydrogen) atoms. The standard InChI is InChI=1S/C20H17FN2O3S/c1-13-7-8-15(12-16(13)21)18(24)22-9-10-23-19(25)17(27-20(23)26)11-14-5-3-2-4-6-14/h2-8,11-12H,9-10H2,1H3,(H,22,24)/b17-11-. The van der Waals surface area contributed by atoms with Crippen molar-refractivity contribution < 1.29 is 18.8 Å². The van der Waals surface area contributed by atoms with Gasteiger partial charge in [-0.05, 0) is 48.0 Å². The summed E-state index contributed by atoms with van der Waals surface area (Å²) in [6.07, 6.45) is 1.67. The number of carbonyl (C=O) groups is 3. The van der Waals surface area contributed by atoms with E-state index in [9.17, 15) is 18.8 Å². The van der Waals surface area contributed by atoms with Gasteiger partial charge in [-0.3, -0.25) is 19.3 Å². The van der Waals surface area contributed by atoms with Crippen molar-refractivity contribution in [3.63, 3.8) is 0 Å². The van der Waals surface area contributed by atoms with Gasteiger partial charge in [-0.1, -0.05) is 36.4 Å². The molecule has 2 aromatic rings. The number of halogens is 1. The lowest BCUT2D eigenvalue weighted by Crippen LogP contribution is -2.37. The summed E-state index contributed by atoms with van der Waals surface area (Å²) in [4.78, 5) is 38.0. The Balaban J connectivity index is 1.58. The summed E-state index contributed by atoms with van der Waals surface area (Å²) < 4.78 is 13.5. The van der Waals surface area contributed by atoms with Crippen LogP contribution in [-0.2, 0) is 4.79 Å². The molecule has 3 rings (SSSR count). The molecule has 7 heteroatoms. The van der Waals surface area contributed by atoms with Crippen molar-refractivity contribution in [1.29, 1.82) is 0 Å². The maximum absolute atomic E-state index is 13.5. The quantitative estimate of drug-likeness (QED) is 0.800. The van der Waals surface area contributed by atoms with Crippen molar-refractivity contribution >= 4 is 34.9 Å². The van der Waals surface area contributed by atoms with Crippen LogP contribution in [0.4, 0.5) is 9.18 Å². The van der Waals surface area contributed by atoms with Gasteiger partial charge in [0, 0.05) is 18.7 Å². The molecule has 0 bridgehead atoms. The van der Waals surface area contributed by atoms with Gasteiger partial charge in [0.1, 0.15) is 5.82 Å². The molecule has 1 aliphatic heterocycles. The third-order valence-corrected chi connectivity index (χ3v) is 4.93. The number of hydrogen-bond acceptors (Lipinski definition) is 4. The Morgan fingerprint density at radius 3 is 2.63 bits per heavy atom. The van der Waals surface area contributed by atoms with Gasteiger partial charge in [0.15, 0.2) is 0 Å². The van der Waals surface area contributed by atoms with Crippen LogP contribution in [0.3, 0.4) is 0 Å². The van der Waals surface area contributed by atoms with Crippen LogP contribution in [-0.4, -0.2) is 35.0 Å². The summed E-state index contributed by atoms with van der Waals surface area (Å²) in [5.41, 5.74) is 1.48. The molecule has 0 aromatic heterocycles. The first-order valence-electron chi connectivity index (χ1n) is 8.30. The van der Waals surface area contributed by atoms with Crippen molar-refractivity contribution in [1.82, 2.24) is 10.2 Å². The molecule has 3 amide bonds. The van der Waals surface area contributed by atoms with E-state index in [0.717, 1.165) is 28.3 Å². The van der Waals surface area contributed by atoms with Gasteiger partial charge in [-0.15, -0.1) is 0 Å². The monoisotopic (exact) mass is 384 g/mol. The molecule has 1 fully saturated rings. The van der Waals surface area contributed by atoms with Gasteiger partial charge < -0.3 is 5.32 Å². The largest absolute Gasteiger partial charge is 0.350 e. The van der Waals surface area contributed by atoms with E-state index in [1.165, 1.54) is 12.1 Å². The molecule has 0 unspecified atom stereocenters. The first-order valence-corrected chi connectivity index (χ1v) is 9.12. The number of thioether (sulfide) groups is 1.